The van der Waals surface area contributed by atoms with Crippen molar-refractivity contribution in [3.63, 3.8) is 0 Å². The Morgan fingerprint density at radius 3 is 1.55 bits per heavy atom. The molecule has 6 N–H and O–H groups in total. The van der Waals surface area contributed by atoms with Gasteiger partial charge in [0, 0.05) is 6.08 Å². The van der Waals surface area contributed by atoms with Gasteiger partial charge in [-0.15, -0.1) is 0 Å². The Bertz CT molecular complexity index is 820. The highest BCUT2D eigenvalue weighted by molar-refractivity contribution is 4.94. The van der Waals surface area contributed by atoms with Crippen molar-refractivity contribution in [2.24, 2.45) is 0 Å². The summed E-state index contributed by atoms with van der Waals surface area (Å²) in [5, 5.41) is 0. The van der Waals surface area contributed by atoms with Gasteiger partial charge in [-0.3, -0.25) is 0 Å². The fourth-order valence-electron chi connectivity index (χ4n) is 0.674. The second-order valence-corrected chi connectivity index (χ2v) is 3.50. The maximum absolute atomic E-state index is 3.89. The molecule has 0 heterocycles. The van der Waals surface area contributed by atoms with Crippen LogP contribution >= 0.6 is 0 Å². The van der Waals surface area contributed by atoms with Crippen LogP contribution in [-0.4, -0.2) is 12.1 Å². The first-order valence-electron chi connectivity index (χ1n) is 5.70. The summed E-state index contributed by atoms with van der Waals surface area (Å²) in [6.45, 7) is 5.29. The highest BCUT2D eigenvalue weighted by atomic mass is 14.7. The van der Waals surface area contributed by atoms with E-state index in [2.05, 4.69) is 92.6 Å². The molecule has 2 atom stereocenters. The topological polar surface area (TPSA) is 55.3 Å². The van der Waals surface area contributed by atoms with Crippen LogP contribution in [0.5, 0.6) is 0 Å². The fraction of sp³-hybridized carbons (Fsp3) is 0.167. The maximum Gasteiger partial charge on any atom is 0.163 e. The molecule has 2 nitrogen and oxygen atoms in total. The average molecular weight is 258 g/mol. The van der Waals surface area contributed by atoms with Gasteiger partial charge in [0.2, 0.25) is 0 Å². The molecule has 0 aliphatic carbocycles. The zero-order chi connectivity index (χ0) is 15.1. The molecular formula is C18H14N2+2. The molecule has 2 heteroatoms. The highest BCUT2D eigenvalue weighted by Crippen LogP contribution is 1.79. The van der Waals surface area contributed by atoms with Crippen LogP contribution in [-0.2, 0) is 0 Å². The first kappa shape index (κ1) is 16.8. The Kier molecular flexibility index (Phi) is 10.3. The molecule has 0 saturated heterocycles. The third kappa shape index (κ3) is 11.3. The minimum absolute atomic E-state index is 0.0987. The van der Waals surface area contributed by atoms with Crippen LogP contribution in [0.3, 0.4) is 0 Å². The van der Waals surface area contributed by atoms with Crippen molar-refractivity contribution >= 4 is 0 Å². The van der Waals surface area contributed by atoms with Crippen molar-refractivity contribution in [2.75, 3.05) is 0 Å². The van der Waals surface area contributed by atoms with Crippen molar-refractivity contribution in [1.82, 2.24) is 0 Å². The van der Waals surface area contributed by atoms with E-state index in [9.17, 15) is 0 Å². The molecule has 0 spiro atoms. The molecular weight excluding hydrogens is 244 g/mol. The third-order valence-corrected chi connectivity index (χ3v) is 1.81. The summed E-state index contributed by atoms with van der Waals surface area (Å²) in [5.41, 5.74) is 40.8. The van der Waals surface area contributed by atoms with Crippen molar-refractivity contribution in [2.45, 2.75) is 19.0 Å². The fourth-order valence-corrected chi connectivity index (χ4v) is 0.674. The molecule has 0 bridgehead atoms. The molecule has 0 radical (unpaired) electrons. The van der Waals surface area contributed by atoms with E-state index in [0.717, 1.165) is 0 Å². The lowest BCUT2D eigenvalue weighted by atomic mass is 10.2. The average Bonchev–Trinajstić information content (AvgIpc) is 2.43. The van der Waals surface area contributed by atoms with Crippen LogP contribution in [0.1, 0.15) is 6.92 Å². The van der Waals surface area contributed by atoms with Gasteiger partial charge in [-0.2, -0.15) is 0 Å². The smallest absolute Gasteiger partial charge is 0.163 e. The monoisotopic (exact) mass is 258 g/mol. The van der Waals surface area contributed by atoms with E-state index >= 15 is 0 Å². The minimum Gasteiger partial charge on any atom is -0.350 e. The molecule has 0 aromatic heterocycles. The summed E-state index contributed by atoms with van der Waals surface area (Å²) in [5.74, 6) is 0. The van der Waals surface area contributed by atoms with E-state index in [1.807, 2.05) is 6.92 Å². The Balaban J connectivity index is 5.38. The molecule has 0 aromatic rings. The Morgan fingerprint density at radius 1 is 0.750 bits per heavy atom. The van der Waals surface area contributed by atoms with E-state index < -0.39 is 0 Å². The predicted octanol–water partition coefficient (Wildman–Crippen LogP) is 0.430. The highest BCUT2D eigenvalue weighted by Gasteiger charge is 2.09. The van der Waals surface area contributed by atoms with Crippen LogP contribution in [0.2, 0.25) is 0 Å². The van der Waals surface area contributed by atoms with Gasteiger partial charge in [0.25, 0.3) is 0 Å². The van der Waals surface area contributed by atoms with Gasteiger partial charge >= 0.3 is 0 Å². The Morgan fingerprint density at radius 2 is 1.15 bits per heavy atom. The Hall–Kier alpha value is -3.20. The van der Waals surface area contributed by atoms with E-state index in [0.29, 0.717) is 0 Å². The summed E-state index contributed by atoms with van der Waals surface area (Å²) in [7, 11) is 0. The van der Waals surface area contributed by atoms with Crippen molar-refractivity contribution in [3.05, 3.63) is 87.2 Å². The zero-order valence-electron chi connectivity index (χ0n) is 11.4. The van der Waals surface area contributed by atoms with E-state index in [4.69, 9.17) is 0 Å². The van der Waals surface area contributed by atoms with Crippen LogP contribution in [0.4, 0.5) is 0 Å². The van der Waals surface area contributed by atoms with Crippen molar-refractivity contribution < 1.29 is 11.5 Å². The van der Waals surface area contributed by atoms with Gasteiger partial charge in [0.1, 0.15) is 6.04 Å². The molecule has 0 aliphatic rings. The third-order valence-electron chi connectivity index (χ3n) is 1.81. The standard InChI is InChI=1S/C18H12N2/c1-3-4-5-6-7-8-9-10-11-12-13-14-15-16-18(20)17(2)19/h16-18H,1,19-20H2,2H3/p+2/t17-,18+/m0/s1. The molecule has 0 saturated carbocycles. The summed E-state index contributed by atoms with van der Waals surface area (Å²) < 4.78 is 0. The number of rotatable bonds is 2. The van der Waals surface area contributed by atoms with Gasteiger partial charge < -0.3 is 11.5 Å². The second kappa shape index (κ2) is 12.3. The van der Waals surface area contributed by atoms with E-state index in [1.54, 1.807) is 6.08 Å². The van der Waals surface area contributed by atoms with E-state index in [-0.39, 0.29) is 12.1 Å². The molecule has 20 heavy (non-hydrogen) atoms. The minimum atomic E-state index is 0.0987. The largest absolute Gasteiger partial charge is 0.350 e. The lowest BCUT2D eigenvalue weighted by molar-refractivity contribution is -0.513. The van der Waals surface area contributed by atoms with Crippen molar-refractivity contribution in [1.29, 1.82) is 0 Å². The number of hydrogen-bond donors (Lipinski definition) is 2. The lowest BCUT2D eigenvalue weighted by Crippen LogP contribution is -2.77. The molecule has 0 aliphatic heterocycles. The van der Waals surface area contributed by atoms with Gasteiger partial charge in [-0.25, -0.2) is 0 Å². The van der Waals surface area contributed by atoms with Crippen molar-refractivity contribution in [3.8, 4) is 0 Å². The summed E-state index contributed by atoms with van der Waals surface area (Å²) >= 11 is 0. The quantitative estimate of drug-likeness (QED) is 0.675. The van der Waals surface area contributed by atoms with Crippen LogP contribution in [0.25, 0.3) is 0 Å². The summed E-state index contributed by atoms with van der Waals surface area (Å²) in [6.07, 6.45) is 1.77. The Labute approximate surface area is 118 Å². The number of quaternary nitrogens is 2. The SMILES string of the molecule is C=C=C=C=C=C=C=C=C=C=C=C=C=C=C[C@@H]([NH3+])[C@H](C)[NH3+]. The number of hydrogen-bond acceptors (Lipinski definition) is 0. The first-order valence-corrected chi connectivity index (χ1v) is 5.70. The second-order valence-electron chi connectivity index (χ2n) is 3.50. The predicted molar refractivity (Wildman–Crippen MR) is 74.9 cm³/mol. The molecule has 0 rings (SSSR count). The summed E-state index contributed by atoms with van der Waals surface area (Å²) in [6, 6.07) is 0.323. The summed E-state index contributed by atoms with van der Waals surface area (Å²) in [4.78, 5) is 0. The van der Waals surface area contributed by atoms with Gasteiger partial charge in [0.05, 0.1) is 0 Å². The lowest BCUT2D eigenvalue weighted by Gasteiger charge is -2.00. The van der Waals surface area contributed by atoms with Crippen LogP contribution in [0.15, 0.2) is 87.2 Å². The molecule has 0 fully saturated rings. The molecule has 0 amide bonds. The van der Waals surface area contributed by atoms with Crippen LogP contribution in [0, 0.1) is 0 Å². The van der Waals surface area contributed by atoms with Gasteiger partial charge in [-0.1, -0.05) is 11.5 Å². The van der Waals surface area contributed by atoms with Gasteiger partial charge in [-0.05, 0) is 76.5 Å². The van der Waals surface area contributed by atoms with Gasteiger partial charge in [0.15, 0.2) is 6.04 Å². The normalized spacial score (nSPS) is 8.95. The van der Waals surface area contributed by atoms with E-state index in [1.165, 1.54) is 0 Å². The molecule has 0 aromatic carbocycles. The molecule has 94 valence electrons. The maximum atomic E-state index is 3.89. The van der Waals surface area contributed by atoms with Crippen LogP contribution < -0.4 is 11.5 Å². The molecule has 0 unspecified atom stereocenters. The first-order chi connectivity index (χ1) is 9.68. The zero-order valence-corrected chi connectivity index (χ0v) is 11.4.